The van der Waals surface area contributed by atoms with Gasteiger partial charge in [-0.1, -0.05) is 36.4 Å². The molecule has 2 aromatic rings. The van der Waals surface area contributed by atoms with Gasteiger partial charge in [-0.25, -0.2) is 4.79 Å². The van der Waals surface area contributed by atoms with Crippen molar-refractivity contribution in [3.8, 4) is 0 Å². The molecule has 0 aliphatic carbocycles. The normalized spacial score (nSPS) is 11.8. The molecule has 1 amide bonds. The van der Waals surface area contributed by atoms with E-state index in [-0.39, 0.29) is 30.2 Å². The topological polar surface area (TPSA) is 87.1 Å². The van der Waals surface area contributed by atoms with Gasteiger partial charge < -0.3 is 19.8 Å². The number of aliphatic hydroxyl groups excluding tert-OH is 1. The number of carbonyl (C=O) groups is 2. The lowest BCUT2D eigenvalue weighted by atomic mass is 10.1. The van der Waals surface area contributed by atoms with Crippen LogP contribution in [0.5, 0.6) is 0 Å². The highest BCUT2D eigenvalue weighted by Gasteiger charge is 2.17. The summed E-state index contributed by atoms with van der Waals surface area (Å²) in [6, 6.07) is 15.4. The maximum atomic E-state index is 12.3. The van der Waals surface area contributed by atoms with E-state index in [0.717, 1.165) is 5.56 Å². The van der Waals surface area contributed by atoms with Crippen LogP contribution < -0.4 is 0 Å². The minimum absolute atomic E-state index is 0.0472. The van der Waals surface area contributed by atoms with Gasteiger partial charge in [-0.2, -0.15) is 0 Å². The van der Waals surface area contributed by atoms with Gasteiger partial charge in [-0.05, 0) is 23.8 Å². The molecule has 0 radical (unpaired) electrons. The molecule has 1 atom stereocenters. The van der Waals surface area contributed by atoms with Crippen LogP contribution >= 0.6 is 0 Å². The summed E-state index contributed by atoms with van der Waals surface area (Å²) in [5, 5.41) is 19.0. The van der Waals surface area contributed by atoms with Gasteiger partial charge in [0, 0.05) is 19.2 Å². The summed E-state index contributed by atoms with van der Waals surface area (Å²) < 4.78 is 5.45. The van der Waals surface area contributed by atoms with Gasteiger partial charge in [-0.15, -0.1) is 0 Å². The second-order valence-corrected chi connectivity index (χ2v) is 5.73. The highest BCUT2D eigenvalue weighted by atomic mass is 16.5. The van der Waals surface area contributed by atoms with Gasteiger partial charge in [-0.3, -0.25) is 4.79 Å². The molecule has 0 saturated heterocycles. The van der Waals surface area contributed by atoms with Gasteiger partial charge in [0.15, 0.2) is 0 Å². The van der Waals surface area contributed by atoms with Crippen molar-refractivity contribution in [3.05, 3.63) is 71.3 Å². The number of benzene rings is 2. The minimum atomic E-state index is -1.09. The molecule has 0 saturated carbocycles. The number of carboxylic acid groups (broad SMARTS) is 1. The van der Waals surface area contributed by atoms with E-state index in [4.69, 9.17) is 9.84 Å². The number of ether oxygens (including phenoxy) is 1. The fraction of sp³-hybridized carbons (Fsp3) is 0.263. The van der Waals surface area contributed by atoms with Crippen LogP contribution in [-0.2, 0) is 11.3 Å². The van der Waals surface area contributed by atoms with E-state index in [1.807, 2.05) is 30.3 Å². The molecular weight excluding hydrogens is 322 g/mol. The van der Waals surface area contributed by atoms with Crippen LogP contribution in [-0.4, -0.2) is 53.3 Å². The largest absolute Gasteiger partial charge is 0.478 e. The number of carboxylic acids is 1. The highest BCUT2D eigenvalue weighted by Crippen LogP contribution is 2.09. The van der Waals surface area contributed by atoms with Crippen molar-refractivity contribution in [3.63, 3.8) is 0 Å². The predicted molar refractivity (Wildman–Crippen MR) is 92.5 cm³/mol. The molecule has 0 fully saturated rings. The first-order valence-corrected chi connectivity index (χ1v) is 7.86. The molecule has 25 heavy (non-hydrogen) atoms. The van der Waals surface area contributed by atoms with Crippen LogP contribution in [0.15, 0.2) is 54.6 Å². The minimum Gasteiger partial charge on any atom is -0.478 e. The Morgan fingerprint density at radius 2 is 1.76 bits per heavy atom. The van der Waals surface area contributed by atoms with E-state index < -0.39 is 12.1 Å². The van der Waals surface area contributed by atoms with Gasteiger partial charge in [0.25, 0.3) is 5.91 Å². The number of carbonyl (C=O) groups excluding carboxylic acids is 1. The van der Waals surface area contributed by atoms with Crippen LogP contribution in [0.2, 0.25) is 0 Å². The standard InChI is InChI=1S/C19H21NO5/c1-20(18(22)15-8-5-9-16(10-15)19(23)24)11-17(21)13-25-12-14-6-3-2-4-7-14/h2-10,17,21H,11-13H2,1H3,(H,23,24). The van der Waals surface area contributed by atoms with E-state index >= 15 is 0 Å². The number of nitrogens with zero attached hydrogens (tertiary/aromatic N) is 1. The van der Waals surface area contributed by atoms with Gasteiger partial charge in [0.2, 0.25) is 0 Å². The molecule has 132 valence electrons. The van der Waals surface area contributed by atoms with Gasteiger partial charge >= 0.3 is 5.97 Å². The Morgan fingerprint density at radius 3 is 2.44 bits per heavy atom. The molecule has 0 heterocycles. The number of hydrogen-bond acceptors (Lipinski definition) is 4. The molecule has 0 spiro atoms. The SMILES string of the molecule is CN(CC(O)COCc1ccccc1)C(=O)c1cccc(C(=O)O)c1. The zero-order chi connectivity index (χ0) is 18.2. The van der Waals surface area contributed by atoms with Crippen molar-refractivity contribution in [2.75, 3.05) is 20.2 Å². The molecule has 6 heteroatoms. The maximum Gasteiger partial charge on any atom is 0.335 e. The molecular formula is C19H21NO5. The second-order valence-electron chi connectivity index (χ2n) is 5.73. The summed E-state index contributed by atoms with van der Waals surface area (Å²) in [4.78, 5) is 24.7. The summed E-state index contributed by atoms with van der Waals surface area (Å²) >= 11 is 0. The molecule has 1 unspecified atom stereocenters. The Bertz CT molecular complexity index is 717. The molecule has 6 nitrogen and oxygen atoms in total. The number of hydrogen-bond donors (Lipinski definition) is 2. The molecule has 0 aliphatic rings. The molecule has 0 bridgehead atoms. The Balaban J connectivity index is 1.83. The number of amides is 1. The van der Waals surface area contributed by atoms with Crippen molar-refractivity contribution in [2.24, 2.45) is 0 Å². The maximum absolute atomic E-state index is 12.3. The van der Waals surface area contributed by atoms with E-state index in [1.54, 1.807) is 13.1 Å². The molecule has 2 aromatic carbocycles. The lowest BCUT2D eigenvalue weighted by Crippen LogP contribution is -2.36. The third-order valence-electron chi connectivity index (χ3n) is 3.61. The average molecular weight is 343 g/mol. The molecule has 2 N–H and O–H groups in total. The quantitative estimate of drug-likeness (QED) is 0.766. The predicted octanol–water partition coefficient (Wildman–Crippen LogP) is 2.03. The highest BCUT2D eigenvalue weighted by molar-refractivity contribution is 5.97. The van der Waals surface area contributed by atoms with E-state index in [0.29, 0.717) is 6.61 Å². The zero-order valence-electron chi connectivity index (χ0n) is 14.0. The lowest BCUT2D eigenvalue weighted by Gasteiger charge is -2.21. The molecule has 2 rings (SSSR count). The fourth-order valence-electron chi connectivity index (χ4n) is 2.34. The van der Waals surface area contributed by atoms with Crippen molar-refractivity contribution in [1.82, 2.24) is 4.90 Å². The van der Waals surface area contributed by atoms with E-state index in [2.05, 4.69) is 0 Å². The van der Waals surface area contributed by atoms with E-state index in [1.165, 1.54) is 23.1 Å². The van der Waals surface area contributed by atoms with Crippen molar-refractivity contribution in [2.45, 2.75) is 12.7 Å². The smallest absolute Gasteiger partial charge is 0.335 e. The average Bonchev–Trinajstić information content (AvgIpc) is 2.62. The molecule has 0 aliphatic heterocycles. The van der Waals surface area contributed by atoms with Crippen LogP contribution in [0.4, 0.5) is 0 Å². The van der Waals surface area contributed by atoms with Crippen LogP contribution in [0.25, 0.3) is 0 Å². The summed E-state index contributed by atoms with van der Waals surface area (Å²) in [5.74, 6) is -1.45. The van der Waals surface area contributed by atoms with Crippen molar-refractivity contribution < 1.29 is 24.5 Å². The second kappa shape index (κ2) is 8.96. The third kappa shape index (κ3) is 5.70. The van der Waals surface area contributed by atoms with Crippen molar-refractivity contribution in [1.29, 1.82) is 0 Å². The Morgan fingerprint density at radius 1 is 1.08 bits per heavy atom. The first-order chi connectivity index (χ1) is 12.0. The number of aliphatic hydroxyl groups is 1. The first kappa shape index (κ1) is 18.6. The summed E-state index contributed by atoms with van der Waals surface area (Å²) in [6.45, 7) is 0.572. The zero-order valence-corrected chi connectivity index (χ0v) is 14.0. The number of rotatable bonds is 8. The summed E-state index contributed by atoms with van der Waals surface area (Å²) in [7, 11) is 1.55. The summed E-state index contributed by atoms with van der Waals surface area (Å²) in [5.41, 5.74) is 1.32. The Kier molecular flexibility index (Phi) is 6.68. The van der Waals surface area contributed by atoms with Gasteiger partial charge in [0.1, 0.15) is 0 Å². The van der Waals surface area contributed by atoms with Crippen LogP contribution in [0.1, 0.15) is 26.3 Å². The van der Waals surface area contributed by atoms with Crippen LogP contribution in [0, 0.1) is 0 Å². The Labute approximate surface area is 146 Å². The number of aromatic carboxylic acids is 1. The van der Waals surface area contributed by atoms with E-state index in [9.17, 15) is 14.7 Å². The third-order valence-corrected chi connectivity index (χ3v) is 3.61. The fourth-order valence-corrected chi connectivity index (χ4v) is 2.34. The van der Waals surface area contributed by atoms with Crippen molar-refractivity contribution >= 4 is 11.9 Å². The first-order valence-electron chi connectivity index (χ1n) is 7.86. The Hall–Kier alpha value is -2.70. The molecule has 0 aromatic heterocycles. The number of likely N-dealkylation sites (N-methyl/N-ethyl adjacent to an activating group) is 1. The monoisotopic (exact) mass is 343 g/mol. The van der Waals surface area contributed by atoms with Gasteiger partial charge in [0.05, 0.1) is 24.9 Å². The van der Waals surface area contributed by atoms with Crippen LogP contribution in [0.3, 0.4) is 0 Å². The lowest BCUT2D eigenvalue weighted by molar-refractivity contribution is 0.0137. The summed E-state index contributed by atoms with van der Waals surface area (Å²) in [6.07, 6.45) is -0.833.